The lowest BCUT2D eigenvalue weighted by atomic mass is 9.85. The standard InChI is InChI=1S/C11H17N/c1-9-7-12(2)8-10-5-3-4-6-11(9)10/h3,5,9H,4,6-8H2,1-2H3. The van der Waals surface area contributed by atoms with Crippen molar-refractivity contribution in [2.24, 2.45) is 5.92 Å². The molecule has 0 saturated heterocycles. The van der Waals surface area contributed by atoms with Crippen molar-refractivity contribution >= 4 is 0 Å². The summed E-state index contributed by atoms with van der Waals surface area (Å²) in [6.07, 6.45) is 7.20. The van der Waals surface area contributed by atoms with E-state index in [1.54, 1.807) is 11.1 Å². The molecular formula is C11H17N. The summed E-state index contributed by atoms with van der Waals surface area (Å²) >= 11 is 0. The van der Waals surface area contributed by atoms with Gasteiger partial charge in [-0.25, -0.2) is 0 Å². The van der Waals surface area contributed by atoms with Crippen molar-refractivity contribution < 1.29 is 0 Å². The molecule has 1 atom stereocenters. The Morgan fingerprint density at radius 2 is 2.33 bits per heavy atom. The van der Waals surface area contributed by atoms with E-state index in [1.807, 2.05) is 0 Å². The van der Waals surface area contributed by atoms with Gasteiger partial charge in [-0.05, 0) is 31.4 Å². The molecule has 1 unspecified atom stereocenters. The van der Waals surface area contributed by atoms with Crippen molar-refractivity contribution in [3.8, 4) is 0 Å². The SMILES string of the molecule is CC1CN(C)CC2=C1CCC=C2. The molecule has 0 aromatic carbocycles. The minimum absolute atomic E-state index is 0.781. The predicted molar refractivity (Wildman–Crippen MR) is 52.1 cm³/mol. The van der Waals surface area contributed by atoms with Gasteiger partial charge in [0.2, 0.25) is 0 Å². The van der Waals surface area contributed by atoms with Crippen LogP contribution in [0.25, 0.3) is 0 Å². The lowest BCUT2D eigenvalue weighted by Crippen LogP contribution is -2.33. The Kier molecular flexibility index (Phi) is 2.05. The monoisotopic (exact) mass is 163 g/mol. The first kappa shape index (κ1) is 8.06. The van der Waals surface area contributed by atoms with Crippen molar-refractivity contribution in [1.82, 2.24) is 4.90 Å². The maximum atomic E-state index is 2.42. The fourth-order valence-corrected chi connectivity index (χ4v) is 2.38. The molecule has 66 valence electrons. The van der Waals surface area contributed by atoms with Gasteiger partial charge in [0.1, 0.15) is 0 Å². The summed E-state index contributed by atoms with van der Waals surface area (Å²) in [4.78, 5) is 2.42. The molecule has 0 spiro atoms. The third-order valence-corrected chi connectivity index (χ3v) is 2.93. The average molecular weight is 163 g/mol. The van der Waals surface area contributed by atoms with E-state index >= 15 is 0 Å². The van der Waals surface area contributed by atoms with Crippen molar-refractivity contribution in [3.05, 3.63) is 23.3 Å². The minimum Gasteiger partial charge on any atom is -0.302 e. The molecule has 2 rings (SSSR count). The fourth-order valence-electron chi connectivity index (χ4n) is 2.38. The summed E-state index contributed by atoms with van der Waals surface area (Å²) in [7, 11) is 2.21. The van der Waals surface area contributed by atoms with E-state index in [0.717, 1.165) is 12.5 Å². The van der Waals surface area contributed by atoms with Crippen LogP contribution < -0.4 is 0 Å². The van der Waals surface area contributed by atoms with Gasteiger partial charge in [-0.2, -0.15) is 0 Å². The molecule has 1 nitrogen and oxygen atoms in total. The largest absolute Gasteiger partial charge is 0.302 e. The molecule has 12 heavy (non-hydrogen) atoms. The van der Waals surface area contributed by atoms with Gasteiger partial charge in [0.25, 0.3) is 0 Å². The Hall–Kier alpha value is -0.560. The lowest BCUT2D eigenvalue weighted by molar-refractivity contribution is 0.300. The highest BCUT2D eigenvalue weighted by Crippen LogP contribution is 2.30. The van der Waals surface area contributed by atoms with Crippen LogP contribution in [0.1, 0.15) is 19.8 Å². The normalized spacial score (nSPS) is 30.7. The van der Waals surface area contributed by atoms with E-state index in [0.29, 0.717) is 0 Å². The molecular weight excluding hydrogens is 146 g/mol. The van der Waals surface area contributed by atoms with Crippen molar-refractivity contribution in [1.29, 1.82) is 0 Å². The van der Waals surface area contributed by atoms with E-state index in [-0.39, 0.29) is 0 Å². The van der Waals surface area contributed by atoms with Crippen LogP contribution in [0.15, 0.2) is 23.3 Å². The van der Waals surface area contributed by atoms with Crippen LogP contribution in [0.3, 0.4) is 0 Å². The zero-order valence-corrected chi connectivity index (χ0v) is 8.01. The van der Waals surface area contributed by atoms with Gasteiger partial charge < -0.3 is 4.90 Å². The summed E-state index contributed by atoms with van der Waals surface area (Å²) in [6, 6.07) is 0. The first-order valence-electron chi connectivity index (χ1n) is 4.84. The molecule has 0 amide bonds. The Labute approximate surface area is 74.8 Å². The van der Waals surface area contributed by atoms with Gasteiger partial charge in [-0.1, -0.05) is 24.6 Å². The minimum atomic E-state index is 0.781. The third kappa shape index (κ3) is 1.34. The highest BCUT2D eigenvalue weighted by molar-refractivity contribution is 5.33. The highest BCUT2D eigenvalue weighted by atomic mass is 15.1. The summed E-state index contributed by atoms with van der Waals surface area (Å²) < 4.78 is 0. The van der Waals surface area contributed by atoms with Crippen LogP contribution in [0, 0.1) is 5.92 Å². The first-order valence-corrected chi connectivity index (χ1v) is 4.84. The van der Waals surface area contributed by atoms with Gasteiger partial charge >= 0.3 is 0 Å². The number of nitrogens with zero attached hydrogens (tertiary/aromatic N) is 1. The number of likely N-dealkylation sites (N-methyl/N-ethyl adjacent to an activating group) is 1. The van der Waals surface area contributed by atoms with Crippen LogP contribution in [0.4, 0.5) is 0 Å². The quantitative estimate of drug-likeness (QED) is 0.529. The number of allylic oxidation sites excluding steroid dienone is 1. The van der Waals surface area contributed by atoms with Crippen LogP contribution in [-0.4, -0.2) is 25.0 Å². The topological polar surface area (TPSA) is 3.24 Å². The second-order valence-electron chi connectivity index (χ2n) is 4.09. The number of rotatable bonds is 0. The fraction of sp³-hybridized carbons (Fsp3) is 0.636. The first-order chi connectivity index (χ1) is 5.77. The van der Waals surface area contributed by atoms with Gasteiger partial charge in [-0.3, -0.25) is 0 Å². The summed E-state index contributed by atoms with van der Waals surface area (Å²) in [5.74, 6) is 0.781. The second-order valence-corrected chi connectivity index (χ2v) is 4.09. The maximum absolute atomic E-state index is 2.42. The van der Waals surface area contributed by atoms with Gasteiger partial charge in [-0.15, -0.1) is 0 Å². The molecule has 0 bridgehead atoms. The maximum Gasteiger partial charge on any atom is 0.0230 e. The van der Waals surface area contributed by atoms with Crippen LogP contribution in [0.5, 0.6) is 0 Å². The summed E-state index contributed by atoms with van der Waals surface area (Å²) in [5.41, 5.74) is 3.30. The van der Waals surface area contributed by atoms with E-state index in [2.05, 4.69) is 31.0 Å². The molecule has 2 aliphatic rings. The lowest BCUT2D eigenvalue weighted by Gasteiger charge is -2.33. The average Bonchev–Trinajstić information content (AvgIpc) is 2.04. The molecule has 1 aliphatic heterocycles. The van der Waals surface area contributed by atoms with Gasteiger partial charge in [0.15, 0.2) is 0 Å². The van der Waals surface area contributed by atoms with Crippen LogP contribution >= 0.6 is 0 Å². The molecule has 0 saturated carbocycles. The summed E-state index contributed by atoms with van der Waals surface area (Å²) in [6.45, 7) is 4.76. The number of hydrogen-bond acceptors (Lipinski definition) is 1. The molecule has 0 N–H and O–H groups in total. The Morgan fingerprint density at radius 3 is 3.17 bits per heavy atom. The van der Waals surface area contributed by atoms with Crippen molar-refractivity contribution in [2.75, 3.05) is 20.1 Å². The van der Waals surface area contributed by atoms with E-state index in [9.17, 15) is 0 Å². The zero-order chi connectivity index (χ0) is 8.55. The molecule has 0 aromatic rings. The van der Waals surface area contributed by atoms with Crippen LogP contribution in [0.2, 0.25) is 0 Å². The third-order valence-electron chi connectivity index (χ3n) is 2.93. The summed E-state index contributed by atoms with van der Waals surface area (Å²) in [5, 5.41) is 0. The molecule has 0 fully saturated rings. The Balaban J connectivity index is 2.27. The highest BCUT2D eigenvalue weighted by Gasteiger charge is 2.21. The van der Waals surface area contributed by atoms with Crippen molar-refractivity contribution in [2.45, 2.75) is 19.8 Å². The van der Waals surface area contributed by atoms with Crippen LogP contribution in [-0.2, 0) is 0 Å². The molecule has 0 aromatic heterocycles. The molecule has 0 radical (unpaired) electrons. The molecule has 1 heteroatoms. The zero-order valence-electron chi connectivity index (χ0n) is 8.01. The second kappa shape index (κ2) is 3.06. The van der Waals surface area contributed by atoms with Gasteiger partial charge in [0.05, 0.1) is 0 Å². The Bertz CT molecular complexity index is 237. The smallest absolute Gasteiger partial charge is 0.0230 e. The molecule has 1 aliphatic carbocycles. The predicted octanol–water partition coefficient (Wildman–Crippen LogP) is 2.21. The van der Waals surface area contributed by atoms with E-state index < -0.39 is 0 Å². The van der Waals surface area contributed by atoms with E-state index in [1.165, 1.54) is 19.4 Å². The molecule has 1 heterocycles. The Morgan fingerprint density at radius 1 is 1.50 bits per heavy atom. The van der Waals surface area contributed by atoms with E-state index in [4.69, 9.17) is 0 Å². The van der Waals surface area contributed by atoms with Gasteiger partial charge in [0, 0.05) is 13.1 Å². The van der Waals surface area contributed by atoms with Crippen molar-refractivity contribution in [3.63, 3.8) is 0 Å². The number of hydrogen-bond donors (Lipinski definition) is 0.